The molecule has 0 bridgehead atoms. The maximum atomic E-state index is 5.45. The monoisotopic (exact) mass is 157 g/mol. The van der Waals surface area contributed by atoms with Crippen molar-refractivity contribution in [3.8, 4) is 0 Å². The number of nitrogens with two attached hydrogens (primary N) is 1. The lowest BCUT2D eigenvalue weighted by molar-refractivity contribution is 0.103. The van der Waals surface area contributed by atoms with Gasteiger partial charge in [0.2, 0.25) is 0 Å². The normalized spacial score (nSPS) is 15.6. The van der Waals surface area contributed by atoms with E-state index in [4.69, 9.17) is 10.5 Å². The fraction of sp³-hybridized carbons (Fsp3) is 0.778. The number of rotatable bonds is 4. The fourth-order valence-electron chi connectivity index (χ4n) is 0.881. The second-order valence-corrected chi connectivity index (χ2v) is 3.16. The van der Waals surface area contributed by atoms with Crippen molar-refractivity contribution in [2.24, 2.45) is 11.7 Å². The first-order chi connectivity index (χ1) is 5.11. The lowest BCUT2D eigenvalue weighted by Crippen LogP contribution is -2.16. The molecule has 0 heterocycles. The van der Waals surface area contributed by atoms with Crippen LogP contribution in [0.25, 0.3) is 0 Å². The van der Waals surface area contributed by atoms with Gasteiger partial charge in [-0.2, -0.15) is 0 Å². The van der Waals surface area contributed by atoms with E-state index in [2.05, 4.69) is 19.9 Å². The van der Waals surface area contributed by atoms with Crippen LogP contribution in [0.15, 0.2) is 11.6 Å². The zero-order valence-corrected chi connectivity index (χ0v) is 7.92. The highest BCUT2D eigenvalue weighted by molar-refractivity contribution is 5.03. The molecule has 0 aromatic rings. The third kappa shape index (κ3) is 4.17. The van der Waals surface area contributed by atoms with E-state index in [1.807, 2.05) is 6.92 Å². The summed E-state index contributed by atoms with van der Waals surface area (Å²) >= 11 is 0. The molecular formula is C9H19NO. The molecule has 1 unspecified atom stereocenters. The zero-order chi connectivity index (χ0) is 8.85. The van der Waals surface area contributed by atoms with Crippen LogP contribution >= 0.6 is 0 Å². The molecule has 0 aromatic heterocycles. The lowest BCUT2D eigenvalue weighted by Gasteiger charge is -2.15. The minimum absolute atomic E-state index is 0.207. The van der Waals surface area contributed by atoms with Gasteiger partial charge in [-0.3, -0.25) is 0 Å². The smallest absolute Gasteiger partial charge is 0.0777 e. The van der Waals surface area contributed by atoms with Gasteiger partial charge < -0.3 is 10.5 Å². The third-order valence-corrected chi connectivity index (χ3v) is 1.70. The van der Waals surface area contributed by atoms with Crippen molar-refractivity contribution in [2.75, 3.05) is 13.7 Å². The molecule has 0 radical (unpaired) electrons. The number of hydrogen-bond acceptors (Lipinski definition) is 2. The Balaban J connectivity index is 4.06. The van der Waals surface area contributed by atoms with E-state index in [1.54, 1.807) is 7.11 Å². The molecule has 0 saturated carbocycles. The molecule has 0 aliphatic rings. The van der Waals surface area contributed by atoms with Crippen molar-refractivity contribution in [3.05, 3.63) is 11.6 Å². The van der Waals surface area contributed by atoms with Crippen molar-refractivity contribution in [2.45, 2.75) is 26.9 Å². The summed E-state index contributed by atoms with van der Waals surface area (Å²) in [6.45, 7) is 6.91. The molecule has 2 heteroatoms. The third-order valence-electron chi connectivity index (χ3n) is 1.70. The van der Waals surface area contributed by atoms with Crippen molar-refractivity contribution >= 4 is 0 Å². The Morgan fingerprint density at radius 1 is 1.55 bits per heavy atom. The number of ether oxygens (including phenoxy) is 1. The minimum atomic E-state index is 0.207. The maximum Gasteiger partial charge on any atom is 0.0777 e. The maximum absolute atomic E-state index is 5.45. The zero-order valence-electron chi connectivity index (χ0n) is 7.92. The average Bonchev–Trinajstić information content (AvgIpc) is 1.99. The van der Waals surface area contributed by atoms with Crippen LogP contribution in [0.3, 0.4) is 0 Å². The number of hydrogen-bond donors (Lipinski definition) is 1. The van der Waals surface area contributed by atoms with E-state index in [0.717, 1.165) is 0 Å². The van der Waals surface area contributed by atoms with Gasteiger partial charge in [0.15, 0.2) is 0 Å². The van der Waals surface area contributed by atoms with E-state index < -0.39 is 0 Å². The van der Waals surface area contributed by atoms with Crippen LogP contribution in [0, 0.1) is 5.92 Å². The minimum Gasteiger partial charge on any atom is -0.377 e. The van der Waals surface area contributed by atoms with Crippen LogP contribution < -0.4 is 5.73 Å². The highest BCUT2D eigenvalue weighted by Gasteiger charge is 2.07. The van der Waals surface area contributed by atoms with Crippen LogP contribution in [0.4, 0.5) is 0 Å². The summed E-state index contributed by atoms with van der Waals surface area (Å²) in [6, 6.07) is 0. The largest absolute Gasteiger partial charge is 0.377 e. The molecule has 0 rings (SSSR count). The van der Waals surface area contributed by atoms with Gasteiger partial charge in [0.05, 0.1) is 6.10 Å². The molecular weight excluding hydrogens is 138 g/mol. The predicted molar refractivity (Wildman–Crippen MR) is 48.4 cm³/mol. The molecule has 11 heavy (non-hydrogen) atoms. The van der Waals surface area contributed by atoms with Crippen LogP contribution in [-0.2, 0) is 4.74 Å². The SMILES string of the molecule is COC(/C=C(/C)CN)C(C)C. The van der Waals surface area contributed by atoms with Crippen molar-refractivity contribution < 1.29 is 4.74 Å². The highest BCUT2D eigenvalue weighted by Crippen LogP contribution is 2.08. The summed E-state index contributed by atoms with van der Waals surface area (Å²) < 4.78 is 5.25. The van der Waals surface area contributed by atoms with E-state index in [1.165, 1.54) is 5.57 Å². The van der Waals surface area contributed by atoms with Crippen molar-refractivity contribution in [1.29, 1.82) is 0 Å². The molecule has 0 spiro atoms. The Hall–Kier alpha value is -0.340. The van der Waals surface area contributed by atoms with E-state index in [9.17, 15) is 0 Å². The molecule has 0 fully saturated rings. The van der Waals surface area contributed by atoms with Gasteiger partial charge in [-0.15, -0.1) is 0 Å². The van der Waals surface area contributed by atoms with Crippen LogP contribution in [-0.4, -0.2) is 19.8 Å². The van der Waals surface area contributed by atoms with Crippen LogP contribution in [0.5, 0.6) is 0 Å². The van der Waals surface area contributed by atoms with E-state index in [0.29, 0.717) is 12.5 Å². The topological polar surface area (TPSA) is 35.2 Å². The van der Waals surface area contributed by atoms with Crippen molar-refractivity contribution in [3.63, 3.8) is 0 Å². The van der Waals surface area contributed by atoms with Crippen molar-refractivity contribution in [1.82, 2.24) is 0 Å². The quantitative estimate of drug-likeness (QED) is 0.629. The van der Waals surface area contributed by atoms with Gasteiger partial charge >= 0.3 is 0 Å². The summed E-state index contributed by atoms with van der Waals surface area (Å²) in [7, 11) is 1.73. The average molecular weight is 157 g/mol. The molecule has 0 amide bonds. The molecule has 66 valence electrons. The standard InChI is InChI=1S/C9H19NO/c1-7(2)9(11-4)5-8(3)6-10/h5,7,9H,6,10H2,1-4H3/b8-5-. The Bertz CT molecular complexity index is 130. The van der Waals surface area contributed by atoms with Gasteiger partial charge in [-0.1, -0.05) is 25.5 Å². The number of methoxy groups -OCH3 is 1. The highest BCUT2D eigenvalue weighted by atomic mass is 16.5. The molecule has 0 saturated heterocycles. The molecule has 2 nitrogen and oxygen atoms in total. The predicted octanol–water partition coefficient (Wildman–Crippen LogP) is 1.56. The Labute approximate surface area is 69.4 Å². The second kappa shape index (κ2) is 5.33. The molecule has 1 atom stereocenters. The summed E-state index contributed by atoms with van der Waals surface area (Å²) in [5, 5.41) is 0. The summed E-state index contributed by atoms with van der Waals surface area (Å²) in [6.07, 6.45) is 2.29. The summed E-state index contributed by atoms with van der Waals surface area (Å²) in [4.78, 5) is 0. The van der Waals surface area contributed by atoms with Crippen LogP contribution in [0.1, 0.15) is 20.8 Å². The Morgan fingerprint density at radius 3 is 2.36 bits per heavy atom. The van der Waals surface area contributed by atoms with Crippen LogP contribution in [0.2, 0.25) is 0 Å². The van der Waals surface area contributed by atoms with E-state index in [-0.39, 0.29) is 6.10 Å². The Kier molecular flexibility index (Phi) is 5.16. The van der Waals surface area contributed by atoms with Gasteiger partial charge in [-0.25, -0.2) is 0 Å². The molecule has 0 aliphatic heterocycles. The van der Waals surface area contributed by atoms with Gasteiger partial charge in [0.25, 0.3) is 0 Å². The first kappa shape index (κ1) is 10.7. The molecule has 2 N–H and O–H groups in total. The van der Waals surface area contributed by atoms with E-state index >= 15 is 0 Å². The summed E-state index contributed by atoms with van der Waals surface area (Å²) in [5.41, 5.74) is 6.64. The Morgan fingerprint density at radius 2 is 2.09 bits per heavy atom. The fourth-order valence-corrected chi connectivity index (χ4v) is 0.881. The first-order valence-electron chi connectivity index (χ1n) is 4.02. The lowest BCUT2D eigenvalue weighted by atomic mass is 10.0. The van der Waals surface area contributed by atoms with Gasteiger partial charge in [0, 0.05) is 13.7 Å². The molecule has 0 aliphatic carbocycles. The second-order valence-electron chi connectivity index (χ2n) is 3.16. The van der Waals surface area contributed by atoms with Gasteiger partial charge in [-0.05, 0) is 12.8 Å². The molecule has 0 aromatic carbocycles. The summed E-state index contributed by atoms with van der Waals surface area (Å²) in [5.74, 6) is 0.515. The van der Waals surface area contributed by atoms with Gasteiger partial charge in [0.1, 0.15) is 0 Å². The first-order valence-corrected chi connectivity index (χ1v) is 4.02.